The Hall–Kier alpha value is -0.280. The van der Waals surface area contributed by atoms with E-state index >= 15 is 0 Å². The number of hydrogen-bond acceptors (Lipinski definition) is 2. The third-order valence-corrected chi connectivity index (χ3v) is 3.38. The molecule has 0 aromatic heterocycles. The third-order valence-electron chi connectivity index (χ3n) is 3.38. The van der Waals surface area contributed by atoms with E-state index in [0.29, 0.717) is 6.04 Å². The number of carbonyl (C=O) groups excluding carboxylic acids is 1. The average molecular weight is 249 g/mol. The van der Waals surface area contributed by atoms with Gasteiger partial charge in [-0.2, -0.15) is 0 Å². The Bertz CT molecular complexity index is 215. The van der Waals surface area contributed by atoms with Gasteiger partial charge in [0, 0.05) is 18.0 Å². The topological polar surface area (TPSA) is 41.1 Å². The van der Waals surface area contributed by atoms with E-state index < -0.39 is 0 Å². The van der Waals surface area contributed by atoms with E-state index in [-0.39, 0.29) is 23.7 Å². The van der Waals surface area contributed by atoms with Crippen LogP contribution in [0, 0.1) is 5.41 Å². The number of likely N-dealkylation sites (N-methyl/N-ethyl adjacent to an activating group) is 1. The Morgan fingerprint density at radius 1 is 1.38 bits per heavy atom. The van der Waals surface area contributed by atoms with E-state index in [2.05, 4.69) is 31.4 Å². The summed E-state index contributed by atoms with van der Waals surface area (Å²) < 4.78 is 0. The predicted molar refractivity (Wildman–Crippen MR) is 70.0 cm³/mol. The fourth-order valence-electron chi connectivity index (χ4n) is 2.26. The fraction of sp³-hybridized carbons (Fsp3) is 0.917. The van der Waals surface area contributed by atoms with Crippen molar-refractivity contribution in [2.45, 2.75) is 52.5 Å². The van der Waals surface area contributed by atoms with Gasteiger partial charge in [0.05, 0.1) is 0 Å². The first-order chi connectivity index (χ1) is 7.08. The molecule has 1 aliphatic rings. The first-order valence-corrected chi connectivity index (χ1v) is 6.10. The van der Waals surface area contributed by atoms with Crippen LogP contribution in [0.3, 0.4) is 0 Å². The highest BCUT2D eigenvalue weighted by atomic mass is 35.5. The van der Waals surface area contributed by atoms with Crippen molar-refractivity contribution in [3.05, 3.63) is 0 Å². The lowest BCUT2D eigenvalue weighted by atomic mass is 9.88. The molecule has 1 saturated carbocycles. The van der Waals surface area contributed by atoms with E-state index in [1.54, 1.807) is 0 Å². The van der Waals surface area contributed by atoms with Gasteiger partial charge < -0.3 is 10.6 Å². The zero-order chi connectivity index (χ0) is 11.3. The molecule has 0 unspecified atom stereocenters. The number of carbonyl (C=O) groups is 1. The highest BCUT2D eigenvalue weighted by molar-refractivity contribution is 5.85. The van der Waals surface area contributed by atoms with Crippen molar-refractivity contribution in [3.8, 4) is 0 Å². The maximum absolute atomic E-state index is 11.9. The van der Waals surface area contributed by atoms with Crippen LogP contribution in [0.25, 0.3) is 0 Å². The molecular weight excluding hydrogens is 224 g/mol. The summed E-state index contributed by atoms with van der Waals surface area (Å²) in [6.45, 7) is 7.96. The summed E-state index contributed by atoms with van der Waals surface area (Å²) in [5.41, 5.74) is -0.0913. The fourth-order valence-corrected chi connectivity index (χ4v) is 2.26. The van der Waals surface area contributed by atoms with Crippen molar-refractivity contribution in [1.82, 2.24) is 10.6 Å². The van der Waals surface area contributed by atoms with E-state index in [4.69, 9.17) is 0 Å². The van der Waals surface area contributed by atoms with Gasteiger partial charge in [-0.05, 0) is 26.3 Å². The second-order valence-corrected chi connectivity index (χ2v) is 4.94. The Morgan fingerprint density at radius 2 is 1.94 bits per heavy atom. The van der Waals surface area contributed by atoms with Crippen LogP contribution in [-0.4, -0.2) is 25.0 Å². The average Bonchev–Trinajstić information content (AvgIpc) is 2.63. The molecule has 0 bridgehead atoms. The van der Waals surface area contributed by atoms with Crippen molar-refractivity contribution in [1.29, 1.82) is 0 Å². The summed E-state index contributed by atoms with van der Waals surface area (Å²) in [5, 5.41) is 6.34. The minimum absolute atomic E-state index is 0. The van der Waals surface area contributed by atoms with Gasteiger partial charge in [-0.3, -0.25) is 4.79 Å². The SMILES string of the molecule is CCN[C@H](C)CNC(=O)C1(C)CCCC1.Cl. The third kappa shape index (κ3) is 4.30. The summed E-state index contributed by atoms with van der Waals surface area (Å²) in [6.07, 6.45) is 4.50. The van der Waals surface area contributed by atoms with Gasteiger partial charge in [-0.1, -0.05) is 26.7 Å². The quantitative estimate of drug-likeness (QED) is 0.783. The maximum Gasteiger partial charge on any atom is 0.225 e. The molecule has 0 aliphatic heterocycles. The summed E-state index contributed by atoms with van der Waals surface area (Å²) in [4.78, 5) is 11.9. The van der Waals surface area contributed by atoms with Crippen LogP contribution < -0.4 is 10.6 Å². The molecule has 0 heterocycles. The van der Waals surface area contributed by atoms with Crippen LogP contribution in [0.1, 0.15) is 46.5 Å². The number of amides is 1. The van der Waals surface area contributed by atoms with Gasteiger partial charge in [0.25, 0.3) is 0 Å². The van der Waals surface area contributed by atoms with Crippen molar-refractivity contribution >= 4 is 18.3 Å². The summed E-state index contributed by atoms with van der Waals surface area (Å²) >= 11 is 0. The Morgan fingerprint density at radius 3 is 2.44 bits per heavy atom. The van der Waals surface area contributed by atoms with Gasteiger partial charge in [0.15, 0.2) is 0 Å². The normalized spacial score (nSPS) is 19.9. The molecule has 96 valence electrons. The van der Waals surface area contributed by atoms with Gasteiger partial charge in [0.2, 0.25) is 5.91 Å². The number of nitrogens with one attached hydrogen (secondary N) is 2. The lowest BCUT2D eigenvalue weighted by Crippen LogP contribution is -2.44. The molecule has 1 rings (SSSR count). The van der Waals surface area contributed by atoms with Crippen LogP contribution in [0.4, 0.5) is 0 Å². The Balaban J connectivity index is 0.00000225. The van der Waals surface area contributed by atoms with E-state index in [9.17, 15) is 4.79 Å². The largest absolute Gasteiger partial charge is 0.354 e. The molecule has 0 aromatic carbocycles. The van der Waals surface area contributed by atoms with Crippen molar-refractivity contribution < 1.29 is 4.79 Å². The second kappa shape index (κ2) is 7.13. The Kier molecular flexibility index (Phi) is 7.00. The monoisotopic (exact) mass is 248 g/mol. The molecule has 1 amide bonds. The number of hydrogen-bond donors (Lipinski definition) is 2. The molecule has 1 fully saturated rings. The van der Waals surface area contributed by atoms with E-state index in [1.807, 2.05) is 0 Å². The first kappa shape index (κ1) is 15.7. The molecule has 0 radical (unpaired) electrons. The summed E-state index contributed by atoms with van der Waals surface area (Å²) in [5.74, 6) is 0.241. The smallest absolute Gasteiger partial charge is 0.225 e. The minimum atomic E-state index is -0.0913. The molecule has 4 heteroatoms. The highest BCUT2D eigenvalue weighted by Crippen LogP contribution is 2.37. The van der Waals surface area contributed by atoms with Crippen LogP contribution in [0.2, 0.25) is 0 Å². The zero-order valence-electron chi connectivity index (χ0n) is 10.6. The van der Waals surface area contributed by atoms with Crippen LogP contribution >= 0.6 is 12.4 Å². The molecule has 0 saturated heterocycles. The lowest BCUT2D eigenvalue weighted by Gasteiger charge is -2.23. The summed E-state index contributed by atoms with van der Waals surface area (Å²) in [6, 6.07) is 0.365. The van der Waals surface area contributed by atoms with Crippen LogP contribution in [-0.2, 0) is 4.79 Å². The van der Waals surface area contributed by atoms with E-state index in [1.165, 1.54) is 12.8 Å². The van der Waals surface area contributed by atoms with Crippen molar-refractivity contribution in [3.63, 3.8) is 0 Å². The Labute approximate surface area is 105 Å². The van der Waals surface area contributed by atoms with Gasteiger partial charge in [-0.25, -0.2) is 0 Å². The zero-order valence-corrected chi connectivity index (χ0v) is 11.5. The highest BCUT2D eigenvalue weighted by Gasteiger charge is 2.35. The minimum Gasteiger partial charge on any atom is -0.354 e. The molecule has 3 nitrogen and oxygen atoms in total. The molecule has 1 atom stereocenters. The molecule has 0 spiro atoms. The molecule has 16 heavy (non-hydrogen) atoms. The second-order valence-electron chi connectivity index (χ2n) is 4.94. The maximum atomic E-state index is 11.9. The standard InChI is InChI=1S/C12H24N2O.ClH/c1-4-13-10(2)9-14-11(15)12(3)7-5-6-8-12;/h10,13H,4-9H2,1-3H3,(H,14,15);1H/t10-;/m1./s1. The number of halogens is 1. The van der Waals surface area contributed by atoms with E-state index in [0.717, 1.165) is 25.9 Å². The number of rotatable bonds is 5. The lowest BCUT2D eigenvalue weighted by molar-refractivity contribution is -0.129. The molecule has 0 aromatic rings. The van der Waals surface area contributed by atoms with Gasteiger partial charge in [-0.15, -0.1) is 12.4 Å². The van der Waals surface area contributed by atoms with Crippen molar-refractivity contribution in [2.75, 3.05) is 13.1 Å². The van der Waals surface area contributed by atoms with Crippen molar-refractivity contribution in [2.24, 2.45) is 5.41 Å². The van der Waals surface area contributed by atoms with Crippen LogP contribution in [0.15, 0.2) is 0 Å². The summed E-state index contributed by atoms with van der Waals surface area (Å²) in [7, 11) is 0. The predicted octanol–water partition coefficient (Wildman–Crippen LogP) is 2.10. The first-order valence-electron chi connectivity index (χ1n) is 6.10. The molecule has 1 aliphatic carbocycles. The van der Waals surface area contributed by atoms with Gasteiger partial charge in [0.1, 0.15) is 0 Å². The molecule has 2 N–H and O–H groups in total. The van der Waals surface area contributed by atoms with Crippen LogP contribution in [0.5, 0.6) is 0 Å². The van der Waals surface area contributed by atoms with Gasteiger partial charge >= 0.3 is 0 Å². The molecular formula is C12H25ClN2O.